The Morgan fingerprint density at radius 3 is 2.31 bits per heavy atom. The van der Waals surface area contributed by atoms with Crippen LogP contribution in [0.4, 0.5) is 0 Å². The van der Waals surface area contributed by atoms with E-state index in [9.17, 15) is 4.79 Å². The van der Waals surface area contributed by atoms with Crippen molar-refractivity contribution in [2.45, 2.75) is 18.9 Å². The summed E-state index contributed by atoms with van der Waals surface area (Å²) < 4.78 is 19.9. The van der Waals surface area contributed by atoms with Crippen LogP contribution in [0, 0.1) is 0 Å². The van der Waals surface area contributed by atoms with Crippen LogP contribution in [-0.4, -0.2) is 49.2 Å². The second-order valence-electron chi connectivity index (χ2n) is 3.08. The lowest BCUT2D eigenvalue weighted by atomic mass is 10.4. The molecule has 0 heterocycles. The highest BCUT2D eigenvalue weighted by molar-refractivity contribution is 6.12. The zero-order valence-electron chi connectivity index (χ0n) is 9.87. The van der Waals surface area contributed by atoms with Gasteiger partial charge in [-0.2, -0.15) is 0 Å². The van der Waals surface area contributed by atoms with Gasteiger partial charge in [0, 0.05) is 26.2 Å². The average molecular weight is 245 g/mol. The van der Waals surface area contributed by atoms with E-state index in [0.29, 0.717) is 18.6 Å². The van der Waals surface area contributed by atoms with Gasteiger partial charge in [-0.25, -0.2) is 4.79 Å². The van der Waals surface area contributed by atoms with E-state index in [1.807, 2.05) is 0 Å². The van der Waals surface area contributed by atoms with Gasteiger partial charge in [0.05, 0.1) is 13.2 Å². The summed E-state index contributed by atoms with van der Waals surface area (Å²) in [7, 11) is 6.04. The van der Waals surface area contributed by atoms with Crippen molar-refractivity contribution in [3.63, 3.8) is 0 Å². The minimum absolute atomic E-state index is 0.265. The van der Waals surface area contributed by atoms with Crippen molar-refractivity contribution < 1.29 is 23.7 Å². The van der Waals surface area contributed by atoms with Crippen molar-refractivity contribution in [2.75, 3.05) is 27.4 Å². The van der Waals surface area contributed by atoms with Crippen molar-refractivity contribution >= 4 is 16.2 Å². The minimum atomic E-state index is -1.24. The van der Waals surface area contributed by atoms with Gasteiger partial charge in [-0.05, 0) is 6.92 Å². The fourth-order valence-electron chi connectivity index (χ4n) is 0.755. The molecule has 0 fully saturated rings. The Bertz CT molecular complexity index is 237. The fourth-order valence-corrected chi connectivity index (χ4v) is 0.857. The molecule has 0 spiro atoms. The van der Waals surface area contributed by atoms with Gasteiger partial charge in [-0.15, -0.1) is 0 Å². The van der Waals surface area contributed by atoms with Gasteiger partial charge < -0.3 is 18.9 Å². The van der Waals surface area contributed by atoms with Gasteiger partial charge in [0.25, 0.3) is 0 Å². The summed E-state index contributed by atoms with van der Waals surface area (Å²) in [5.74, 6) is -0.400. The summed E-state index contributed by atoms with van der Waals surface area (Å²) >= 11 is 0. The Balaban J connectivity index is 3.61. The number of carbonyl (C=O) groups is 1. The lowest BCUT2D eigenvalue weighted by molar-refractivity contribution is -0.304. The number of hydrogen-bond donors (Lipinski definition) is 0. The molecule has 0 aromatic heterocycles. The highest BCUT2D eigenvalue weighted by Gasteiger charge is 2.22. The number of rotatable bonds is 8. The van der Waals surface area contributed by atoms with Crippen molar-refractivity contribution in [3.8, 4) is 0 Å². The van der Waals surface area contributed by atoms with E-state index in [4.69, 9.17) is 18.9 Å². The Kier molecular flexibility index (Phi) is 7.23. The van der Waals surface area contributed by atoms with E-state index in [2.05, 4.69) is 16.8 Å². The van der Waals surface area contributed by atoms with Crippen molar-refractivity contribution in [1.82, 2.24) is 0 Å². The third-order valence-corrected chi connectivity index (χ3v) is 2.25. The van der Waals surface area contributed by atoms with Crippen LogP contribution in [0.15, 0.2) is 12.2 Å². The molecule has 0 saturated heterocycles. The summed E-state index contributed by atoms with van der Waals surface area (Å²) in [6, 6.07) is 0. The largest absolute Gasteiger partial charge is 0.462 e. The van der Waals surface area contributed by atoms with Gasteiger partial charge in [0.1, 0.15) is 0 Å². The molecule has 3 radical (unpaired) electrons. The molecule has 6 heteroatoms. The first-order chi connectivity index (χ1) is 7.45. The summed E-state index contributed by atoms with van der Waals surface area (Å²) in [4.78, 5) is 11.0. The molecule has 0 aromatic rings. The normalized spacial score (nSPS) is 11.2. The number of carbonyl (C=O) groups excluding carboxylic acids is 1. The van der Waals surface area contributed by atoms with Crippen LogP contribution in [0.25, 0.3) is 0 Å². The van der Waals surface area contributed by atoms with Gasteiger partial charge in [0.15, 0.2) is 10.2 Å². The molecule has 0 saturated carbocycles. The van der Waals surface area contributed by atoms with Gasteiger partial charge >= 0.3 is 5.97 Å². The first kappa shape index (κ1) is 15.3. The van der Waals surface area contributed by atoms with E-state index in [0.717, 1.165) is 0 Å². The molecule has 91 valence electrons. The molecule has 0 aliphatic carbocycles. The first-order valence-electron chi connectivity index (χ1n) is 4.77. The molecular weight excluding hydrogens is 228 g/mol. The van der Waals surface area contributed by atoms with Gasteiger partial charge in [-0.3, -0.25) is 0 Å². The summed E-state index contributed by atoms with van der Waals surface area (Å²) in [5.41, 5.74) is -0.859. The lowest BCUT2D eigenvalue weighted by Crippen LogP contribution is -2.38. The van der Waals surface area contributed by atoms with Crippen LogP contribution < -0.4 is 0 Å². The quantitative estimate of drug-likeness (QED) is 0.206. The molecule has 0 bridgehead atoms. The van der Waals surface area contributed by atoms with Gasteiger partial charge in [0.2, 0.25) is 5.60 Å². The molecule has 0 aromatic carbocycles. The lowest BCUT2D eigenvalue weighted by Gasteiger charge is -2.26. The van der Waals surface area contributed by atoms with Gasteiger partial charge in [-0.1, -0.05) is 6.58 Å². The van der Waals surface area contributed by atoms with Crippen LogP contribution in [0.2, 0.25) is 0 Å². The second-order valence-corrected chi connectivity index (χ2v) is 3.70. The van der Waals surface area contributed by atoms with Crippen LogP contribution in [0.5, 0.6) is 0 Å². The first-order valence-corrected chi connectivity index (χ1v) is 5.27. The number of esters is 1. The molecular formula is C10H17O5Si. The molecule has 0 unspecified atom stereocenters. The highest BCUT2D eigenvalue weighted by Crippen LogP contribution is 2.07. The van der Waals surface area contributed by atoms with Crippen molar-refractivity contribution in [3.05, 3.63) is 12.2 Å². The number of methoxy groups -OCH3 is 2. The third-order valence-electron chi connectivity index (χ3n) is 1.70. The van der Waals surface area contributed by atoms with E-state index < -0.39 is 11.6 Å². The SMILES string of the molecule is C=C(C)C(=O)OCCCOC([Si])(OC)OC. The van der Waals surface area contributed by atoms with E-state index in [1.54, 1.807) is 6.92 Å². The molecule has 0 aliphatic heterocycles. The Labute approximate surface area is 99.1 Å². The van der Waals surface area contributed by atoms with Crippen molar-refractivity contribution in [1.29, 1.82) is 0 Å². The maximum Gasteiger partial charge on any atom is 0.333 e. The van der Waals surface area contributed by atoms with Crippen molar-refractivity contribution in [2.24, 2.45) is 0 Å². The third kappa shape index (κ3) is 6.01. The van der Waals surface area contributed by atoms with Crippen LogP contribution in [0.3, 0.4) is 0 Å². The Morgan fingerprint density at radius 2 is 1.88 bits per heavy atom. The van der Waals surface area contributed by atoms with E-state index in [-0.39, 0.29) is 6.61 Å². The molecule has 0 atom stereocenters. The predicted octanol–water partition coefficient (Wildman–Crippen LogP) is 0.585. The number of hydrogen-bond acceptors (Lipinski definition) is 5. The minimum Gasteiger partial charge on any atom is -0.462 e. The summed E-state index contributed by atoms with van der Waals surface area (Å²) in [5, 5.41) is 0. The Morgan fingerprint density at radius 1 is 1.31 bits per heavy atom. The zero-order chi connectivity index (χ0) is 12.6. The monoisotopic (exact) mass is 245 g/mol. The predicted molar refractivity (Wildman–Crippen MR) is 58.8 cm³/mol. The maximum atomic E-state index is 11.0. The number of ether oxygens (including phenoxy) is 4. The maximum absolute atomic E-state index is 11.0. The average Bonchev–Trinajstić information content (AvgIpc) is 2.27. The van der Waals surface area contributed by atoms with Crippen LogP contribution >= 0.6 is 0 Å². The molecule has 16 heavy (non-hydrogen) atoms. The molecule has 0 amide bonds. The Hall–Kier alpha value is -0.693. The molecule has 0 N–H and O–H groups in total. The van der Waals surface area contributed by atoms with Crippen LogP contribution in [-0.2, 0) is 23.7 Å². The zero-order valence-corrected chi connectivity index (χ0v) is 10.9. The molecule has 0 rings (SSSR count). The fraction of sp³-hybridized carbons (Fsp3) is 0.700. The summed E-state index contributed by atoms with van der Waals surface area (Å²) in [6.07, 6.45) is 0.540. The van der Waals surface area contributed by atoms with E-state index >= 15 is 0 Å². The molecule has 5 nitrogen and oxygen atoms in total. The standard InChI is InChI=1S/C10H17O5Si/c1-8(2)9(11)14-6-5-7-15-10(16,12-3)13-4/h1,5-7H2,2-4H3. The highest BCUT2D eigenvalue weighted by atomic mass is 28.1. The summed E-state index contributed by atoms with van der Waals surface area (Å²) in [6.45, 7) is 5.65. The second kappa shape index (κ2) is 7.56. The smallest absolute Gasteiger partial charge is 0.333 e. The molecule has 0 aliphatic rings. The van der Waals surface area contributed by atoms with E-state index in [1.165, 1.54) is 14.2 Å². The topological polar surface area (TPSA) is 54.0 Å². The van der Waals surface area contributed by atoms with Crippen LogP contribution in [0.1, 0.15) is 13.3 Å².